The number of nitrogens with two attached hydrogens (primary N) is 1. The van der Waals surface area contributed by atoms with Crippen LogP contribution in [0.15, 0.2) is 12.1 Å². The maximum atomic E-state index is 13.8. The van der Waals surface area contributed by atoms with Crippen LogP contribution in [0.1, 0.15) is 50.4 Å². The van der Waals surface area contributed by atoms with Gasteiger partial charge in [-0.3, -0.25) is 0 Å². The second kappa shape index (κ2) is 8.68. The zero-order chi connectivity index (χ0) is 20.4. The lowest BCUT2D eigenvalue weighted by molar-refractivity contribution is 0.174. The molecule has 0 amide bonds. The number of aromatic nitrogens is 4. The average Bonchev–Trinajstić information content (AvgIpc) is 3.26. The molecular weight excluding hydrogens is 488 g/mol. The van der Waals surface area contributed by atoms with Gasteiger partial charge in [0.2, 0.25) is 6.79 Å². The Labute approximate surface area is 182 Å². The van der Waals surface area contributed by atoms with E-state index in [4.69, 9.17) is 15.2 Å². The molecule has 0 fully saturated rings. The number of aryl methyl sites for hydroxylation is 1. The highest BCUT2D eigenvalue weighted by Crippen LogP contribution is 2.36. The molecule has 1 aliphatic heterocycles. The SMILES string of the molecule is CCCCCCCn1c(Cc2cc3c(cc2I)OCO3)nc2c(N)nc(F)nc21. The van der Waals surface area contributed by atoms with Gasteiger partial charge in [-0.1, -0.05) is 32.6 Å². The van der Waals surface area contributed by atoms with Gasteiger partial charge in [0.25, 0.3) is 0 Å². The number of hydrogen-bond donors (Lipinski definition) is 1. The number of benzene rings is 1. The van der Waals surface area contributed by atoms with Crippen molar-refractivity contribution in [2.75, 3.05) is 12.5 Å². The lowest BCUT2D eigenvalue weighted by Crippen LogP contribution is -2.07. The number of ether oxygens (including phenoxy) is 2. The summed E-state index contributed by atoms with van der Waals surface area (Å²) in [6, 6.07) is 3.94. The highest BCUT2D eigenvalue weighted by molar-refractivity contribution is 14.1. The molecule has 0 radical (unpaired) electrons. The Morgan fingerprint density at radius 1 is 1.10 bits per heavy atom. The van der Waals surface area contributed by atoms with Crippen LogP contribution in [-0.2, 0) is 13.0 Å². The van der Waals surface area contributed by atoms with Crippen LogP contribution in [0.5, 0.6) is 11.5 Å². The first kappa shape index (κ1) is 20.1. The lowest BCUT2D eigenvalue weighted by Gasteiger charge is -2.10. The Balaban J connectivity index is 1.67. The van der Waals surface area contributed by atoms with E-state index in [0.717, 1.165) is 39.3 Å². The Morgan fingerprint density at radius 3 is 2.66 bits per heavy atom. The minimum absolute atomic E-state index is 0.0684. The van der Waals surface area contributed by atoms with Gasteiger partial charge in [0, 0.05) is 16.5 Å². The van der Waals surface area contributed by atoms with Gasteiger partial charge in [-0.05, 0) is 46.7 Å². The summed E-state index contributed by atoms with van der Waals surface area (Å²) < 4.78 is 27.8. The number of rotatable bonds is 8. The summed E-state index contributed by atoms with van der Waals surface area (Å²) in [6.45, 7) is 3.14. The second-order valence-electron chi connectivity index (χ2n) is 7.12. The normalized spacial score (nSPS) is 12.8. The highest BCUT2D eigenvalue weighted by atomic mass is 127. The van der Waals surface area contributed by atoms with Crippen molar-refractivity contribution in [2.24, 2.45) is 0 Å². The van der Waals surface area contributed by atoms with Gasteiger partial charge in [0.15, 0.2) is 28.5 Å². The molecule has 4 rings (SSSR count). The van der Waals surface area contributed by atoms with Crippen LogP contribution in [0.3, 0.4) is 0 Å². The van der Waals surface area contributed by atoms with Crippen molar-refractivity contribution in [2.45, 2.75) is 52.0 Å². The third kappa shape index (κ3) is 4.24. The fraction of sp³-hybridized carbons (Fsp3) is 0.450. The van der Waals surface area contributed by atoms with E-state index >= 15 is 0 Å². The fourth-order valence-electron chi connectivity index (χ4n) is 3.55. The third-order valence-electron chi connectivity index (χ3n) is 5.05. The van der Waals surface area contributed by atoms with E-state index < -0.39 is 6.08 Å². The number of unbranched alkanes of at least 4 members (excludes halogenated alkanes) is 4. The van der Waals surface area contributed by atoms with Gasteiger partial charge in [-0.2, -0.15) is 14.4 Å². The maximum Gasteiger partial charge on any atom is 0.312 e. The standard InChI is InChI=1S/C20H23FIN5O2/c1-2-3-4-5-6-7-27-16(24-17-18(23)25-20(21)26-19(17)27)9-12-8-14-15(10-13(12)22)29-11-28-14/h8,10H,2-7,9,11H2,1H3,(H2,23,25,26). The molecule has 0 saturated heterocycles. The average molecular weight is 511 g/mol. The Bertz CT molecular complexity index is 1040. The smallest absolute Gasteiger partial charge is 0.312 e. The zero-order valence-electron chi connectivity index (χ0n) is 16.3. The van der Waals surface area contributed by atoms with Gasteiger partial charge in [-0.25, -0.2) is 4.98 Å². The quantitative estimate of drug-likeness (QED) is 0.273. The first-order chi connectivity index (χ1) is 14.1. The van der Waals surface area contributed by atoms with E-state index in [-0.39, 0.29) is 12.6 Å². The predicted molar refractivity (Wildman–Crippen MR) is 117 cm³/mol. The minimum Gasteiger partial charge on any atom is -0.454 e. The number of hydrogen-bond acceptors (Lipinski definition) is 6. The molecule has 3 heterocycles. The summed E-state index contributed by atoms with van der Waals surface area (Å²) in [5.41, 5.74) is 7.89. The molecule has 7 nitrogen and oxygen atoms in total. The number of halogens is 2. The Hall–Kier alpha value is -2.17. The molecule has 154 valence electrons. The van der Waals surface area contributed by atoms with Crippen molar-refractivity contribution in [3.8, 4) is 11.5 Å². The summed E-state index contributed by atoms with van der Waals surface area (Å²) in [6.07, 6.45) is 5.41. The van der Waals surface area contributed by atoms with E-state index in [2.05, 4.69) is 44.5 Å². The molecule has 0 unspecified atom stereocenters. The number of imidazole rings is 1. The summed E-state index contributed by atoms with van der Waals surface area (Å²) in [5.74, 6) is 2.34. The molecule has 3 aromatic rings. The topological polar surface area (TPSA) is 88.1 Å². The number of nitrogen functional groups attached to an aromatic ring is 1. The van der Waals surface area contributed by atoms with Crippen molar-refractivity contribution in [3.05, 3.63) is 33.2 Å². The second-order valence-corrected chi connectivity index (χ2v) is 8.28. The molecular formula is C20H23FIN5O2. The Kier molecular flexibility index (Phi) is 6.02. The molecule has 1 aromatic carbocycles. The molecule has 0 saturated carbocycles. The lowest BCUT2D eigenvalue weighted by atomic mass is 10.1. The van der Waals surface area contributed by atoms with Crippen molar-refractivity contribution >= 4 is 39.6 Å². The van der Waals surface area contributed by atoms with Crippen LogP contribution in [0, 0.1) is 9.65 Å². The highest BCUT2D eigenvalue weighted by Gasteiger charge is 2.20. The van der Waals surface area contributed by atoms with Gasteiger partial charge < -0.3 is 19.8 Å². The van der Waals surface area contributed by atoms with E-state index in [0.29, 0.717) is 24.1 Å². The van der Waals surface area contributed by atoms with Crippen LogP contribution in [0.2, 0.25) is 0 Å². The van der Waals surface area contributed by atoms with E-state index in [9.17, 15) is 4.39 Å². The zero-order valence-corrected chi connectivity index (χ0v) is 18.4. The number of fused-ring (bicyclic) bond motifs is 2. The van der Waals surface area contributed by atoms with Crippen LogP contribution in [-0.4, -0.2) is 26.3 Å². The largest absolute Gasteiger partial charge is 0.454 e. The molecule has 2 N–H and O–H groups in total. The van der Waals surface area contributed by atoms with Crippen LogP contribution in [0.25, 0.3) is 11.2 Å². The molecule has 0 bridgehead atoms. The molecule has 29 heavy (non-hydrogen) atoms. The summed E-state index contributed by atoms with van der Waals surface area (Å²) in [7, 11) is 0. The van der Waals surface area contributed by atoms with Gasteiger partial charge in [0.1, 0.15) is 5.82 Å². The van der Waals surface area contributed by atoms with Gasteiger partial charge in [-0.15, -0.1) is 0 Å². The first-order valence-corrected chi connectivity index (χ1v) is 10.9. The van der Waals surface area contributed by atoms with E-state index in [1.54, 1.807) is 0 Å². The predicted octanol–water partition coefficient (Wildman–Crippen LogP) is 4.44. The maximum absolute atomic E-state index is 13.8. The molecule has 1 aliphatic rings. The van der Waals surface area contributed by atoms with Crippen molar-refractivity contribution < 1.29 is 13.9 Å². The minimum atomic E-state index is -0.827. The number of anilines is 1. The van der Waals surface area contributed by atoms with Crippen LogP contribution >= 0.6 is 22.6 Å². The number of nitrogens with zero attached hydrogens (tertiary/aromatic N) is 4. The first-order valence-electron chi connectivity index (χ1n) is 9.83. The summed E-state index contributed by atoms with van der Waals surface area (Å²) in [5, 5.41) is 0. The van der Waals surface area contributed by atoms with Crippen molar-refractivity contribution in [1.29, 1.82) is 0 Å². The fourth-order valence-corrected chi connectivity index (χ4v) is 4.18. The summed E-state index contributed by atoms with van der Waals surface area (Å²) >= 11 is 2.28. The monoisotopic (exact) mass is 511 g/mol. The Morgan fingerprint density at radius 2 is 1.86 bits per heavy atom. The van der Waals surface area contributed by atoms with Crippen molar-refractivity contribution in [1.82, 2.24) is 19.5 Å². The summed E-state index contributed by atoms with van der Waals surface area (Å²) in [4.78, 5) is 12.3. The van der Waals surface area contributed by atoms with E-state index in [1.807, 2.05) is 16.7 Å². The third-order valence-corrected chi connectivity index (χ3v) is 6.05. The van der Waals surface area contributed by atoms with Crippen molar-refractivity contribution in [3.63, 3.8) is 0 Å². The molecule has 0 atom stereocenters. The van der Waals surface area contributed by atoms with E-state index in [1.165, 1.54) is 19.3 Å². The van der Waals surface area contributed by atoms with Gasteiger partial charge >= 0.3 is 6.08 Å². The van der Waals surface area contributed by atoms with Crippen LogP contribution < -0.4 is 15.2 Å². The van der Waals surface area contributed by atoms with Gasteiger partial charge in [0.05, 0.1) is 0 Å². The molecule has 9 heteroatoms. The molecule has 2 aromatic heterocycles. The molecule has 0 aliphatic carbocycles. The van der Waals surface area contributed by atoms with Crippen LogP contribution in [0.4, 0.5) is 10.2 Å². The molecule has 0 spiro atoms.